The van der Waals surface area contributed by atoms with Crippen LogP contribution in [0.25, 0.3) is 0 Å². The molecule has 0 aliphatic heterocycles. The Morgan fingerprint density at radius 3 is 2.31 bits per heavy atom. The Kier molecular flexibility index (Phi) is 5.79. The maximum absolute atomic E-state index is 8.91. The summed E-state index contributed by atoms with van der Waals surface area (Å²) in [5.41, 5.74) is -0.131. The third-order valence-corrected chi connectivity index (χ3v) is 2.64. The molecule has 0 aromatic carbocycles. The number of unbranched alkanes of at least 4 members (excludes halogenated alkanes) is 1. The Bertz CT molecular complexity index is 164. The molecule has 0 aliphatic carbocycles. The van der Waals surface area contributed by atoms with Gasteiger partial charge >= 0.3 is 0 Å². The van der Waals surface area contributed by atoms with Gasteiger partial charge < -0.3 is 0 Å². The van der Waals surface area contributed by atoms with Gasteiger partial charge in [0.2, 0.25) is 0 Å². The van der Waals surface area contributed by atoms with Crippen molar-refractivity contribution in [1.82, 2.24) is 0 Å². The average molecular weight is 181 g/mol. The van der Waals surface area contributed by atoms with Crippen molar-refractivity contribution in [1.29, 1.82) is 5.26 Å². The highest BCUT2D eigenvalue weighted by atomic mass is 14.3. The molecule has 0 aromatic heterocycles. The Morgan fingerprint density at radius 2 is 1.92 bits per heavy atom. The molecular weight excluding hydrogens is 158 g/mol. The molecule has 1 atom stereocenters. The van der Waals surface area contributed by atoms with Crippen LogP contribution in [0.3, 0.4) is 0 Å². The van der Waals surface area contributed by atoms with Crippen LogP contribution in [0.15, 0.2) is 0 Å². The molecule has 0 radical (unpaired) electrons. The highest BCUT2D eigenvalue weighted by Crippen LogP contribution is 2.29. The standard InChI is InChI=1S/C12H23N/c1-5-7-8-11(6-2)9-12(3,4)10-13/h11H,5-9H2,1-4H3. The van der Waals surface area contributed by atoms with E-state index in [0.29, 0.717) is 0 Å². The summed E-state index contributed by atoms with van der Waals surface area (Å²) in [5, 5.41) is 8.91. The van der Waals surface area contributed by atoms with Crippen LogP contribution in [0.5, 0.6) is 0 Å². The summed E-state index contributed by atoms with van der Waals surface area (Å²) < 4.78 is 0. The SMILES string of the molecule is CCCCC(CC)CC(C)(C)C#N. The summed E-state index contributed by atoms with van der Waals surface area (Å²) in [6.07, 6.45) is 6.13. The van der Waals surface area contributed by atoms with Gasteiger partial charge in [0.05, 0.1) is 11.5 Å². The van der Waals surface area contributed by atoms with E-state index in [9.17, 15) is 0 Å². The lowest BCUT2D eigenvalue weighted by molar-refractivity contribution is 0.311. The zero-order chi connectivity index (χ0) is 10.3. The molecular formula is C12H23N. The quantitative estimate of drug-likeness (QED) is 0.604. The van der Waals surface area contributed by atoms with E-state index in [2.05, 4.69) is 19.9 Å². The van der Waals surface area contributed by atoms with Gasteiger partial charge in [-0.05, 0) is 26.2 Å². The second kappa shape index (κ2) is 6.02. The van der Waals surface area contributed by atoms with Gasteiger partial charge in [0.1, 0.15) is 0 Å². The molecule has 0 saturated heterocycles. The minimum absolute atomic E-state index is 0.131. The van der Waals surface area contributed by atoms with E-state index in [1.807, 2.05) is 13.8 Å². The topological polar surface area (TPSA) is 23.8 Å². The number of hydrogen-bond donors (Lipinski definition) is 0. The molecule has 0 fully saturated rings. The van der Waals surface area contributed by atoms with Gasteiger partial charge in [-0.25, -0.2) is 0 Å². The summed E-state index contributed by atoms with van der Waals surface area (Å²) in [5.74, 6) is 0.745. The normalized spacial score (nSPS) is 13.8. The van der Waals surface area contributed by atoms with Crippen LogP contribution < -0.4 is 0 Å². The Morgan fingerprint density at radius 1 is 1.31 bits per heavy atom. The van der Waals surface area contributed by atoms with Crippen molar-refractivity contribution in [3.8, 4) is 6.07 Å². The maximum Gasteiger partial charge on any atom is 0.0684 e. The third kappa shape index (κ3) is 5.69. The zero-order valence-corrected chi connectivity index (χ0v) is 9.56. The molecule has 76 valence electrons. The second-order valence-electron chi connectivity index (χ2n) is 4.62. The number of nitriles is 1. The van der Waals surface area contributed by atoms with Gasteiger partial charge in [-0.3, -0.25) is 0 Å². The van der Waals surface area contributed by atoms with Crippen molar-refractivity contribution in [2.45, 2.75) is 59.8 Å². The summed E-state index contributed by atoms with van der Waals surface area (Å²) in [7, 11) is 0. The first-order valence-corrected chi connectivity index (χ1v) is 5.47. The van der Waals surface area contributed by atoms with Gasteiger partial charge in [-0.1, -0.05) is 39.5 Å². The monoisotopic (exact) mass is 181 g/mol. The molecule has 0 spiro atoms. The van der Waals surface area contributed by atoms with E-state index in [4.69, 9.17) is 5.26 Å². The van der Waals surface area contributed by atoms with Crippen LogP contribution in [0.1, 0.15) is 59.8 Å². The van der Waals surface area contributed by atoms with Gasteiger partial charge in [-0.2, -0.15) is 5.26 Å². The summed E-state index contributed by atoms with van der Waals surface area (Å²) in [6, 6.07) is 2.38. The lowest BCUT2D eigenvalue weighted by Crippen LogP contribution is -2.14. The fraction of sp³-hybridized carbons (Fsp3) is 0.917. The average Bonchev–Trinajstić information content (AvgIpc) is 2.12. The van der Waals surface area contributed by atoms with Crippen LogP contribution in [0, 0.1) is 22.7 Å². The molecule has 1 nitrogen and oxygen atoms in total. The number of rotatable bonds is 6. The predicted octanol–water partition coefficient (Wildman–Crippen LogP) is 4.14. The van der Waals surface area contributed by atoms with Crippen LogP contribution >= 0.6 is 0 Å². The molecule has 0 N–H and O–H groups in total. The van der Waals surface area contributed by atoms with Gasteiger partial charge in [0.15, 0.2) is 0 Å². The Labute approximate surface area is 83.1 Å². The van der Waals surface area contributed by atoms with Crippen LogP contribution in [0.4, 0.5) is 0 Å². The fourth-order valence-corrected chi connectivity index (χ4v) is 1.71. The van der Waals surface area contributed by atoms with Crippen molar-refractivity contribution in [2.75, 3.05) is 0 Å². The molecule has 13 heavy (non-hydrogen) atoms. The molecule has 1 unspecified atom stereocenters. The van der Waals surface area contributed by atoms with Crippen molar-refractivity contribution < 1.29 is 0 Å². The van der Waals surface area contributed by atoms with Crippen molar-refractivity contribution >= 4 is 0 Å². The van der Waals surface area contributed by atoms with E-state index in [-0.39, 0.29) is 5.41 Å². The Hall–Kier alpha value is -0.510. The first kappa shape index (κ1) is 12.5. The largest absolute Gasteiger partial charge is 0.198 e. The smallest absolute Gasteiger partial charge is 0.0684 e. The highest BCUT2D eigenvalue weighted by Gasteiger charge is 2.21. The third-order valence-electron chi connectivity index (χ3n) is 2.64. The van der Waals surface area contributed by atoms with Gasteiger partial charge in [0, 0.05) is 0 Å². The van der Waals surface area contributed by atoms with Crippen LogP contribution in [-0.4, -0.2) is 0 Å². The van der Waals surface area contributed by atoms with Crippen molar-refractivity contribution in [3.63, 3.8) is 0 Å². The molecule has 0 aliphatic rings. The first-order valence-electron chi connectivity index (χ1n) is 5.47. The molecule has 0 rings (SSSR count). The minimum Gasteiger partial charge on any atom is -0.198 e. The number of hydrogen-bond acceptors (Lipinski definition) is 1. The minimum atomic E-state index is -0.131. The second-order valence-corrected chi connectivity index (χ2v) is 4.62. The first-order chi connectivity index (χ1) is 6.05. The lowest BCUT2D eigenvalue weighted by Gasteiger charge is -2.22. The summed E-state index contributed by atoms with van der Waals surface area (Å²) >= 11 is 0. The lowest BCUT2D eigenvalue weighted by atomic mass is 9.81. The summed E-state index contributed by atoms with van der Waals surface area (Å²) in [6.45, 7) is 8.54. The van der Waals surface area contributed by atoms with Gasteiger partial charge in [0.25, 0.3) is 0 Å². The highest BCUT2D eigenvalue weighted by molar-refractivity contribution is 4.92. The number of nitrogens with zero attached hydrogens (tertiary/aromatic N) is 1. The fourth-order valence-electron chi connectivity index (χ4n) is 1.71. The van der Waals surface area contributed by atoms with Crippen LogP contribution in [0.2, 0.25) is 0 Å². The summed E-state index contributed by atoms with van der Waals surface area (Å²) in [4.78, 5) is 0. The molecule has 0 saturated carbocycles. The predicted molar refractivity (Wildman–Crippen MR) is 57.3 cm³/mol. The molecule has 0 bridgehead atoms. The maximum atomic E-state index is 8.91. The van der Waals surface area contributed by atoms with Crippen molar-refractivity contribution in [3.05, 3.63) is 0 Å². The van der Waals surface area contributed by atoms with E-state index in [1.165, 1.54) is 25.7 Å². The van der Waals surface area contributed by atoms with E-state index in [0.717, 1.165) is 12.3 Å². The molecule has 0 aromatic rings. The molecule has 0 heterocycles. The molecule has 0 amide bonds. The Balaban J connectivity index is 3.91. The molecule has 1 heteroatoms. The van der Waals surface area contributed by atoms with Crippen LogP contribution in [-0.2, 0) is 0 Å². The van der Waals surface area contributed by atoms with Gasteiger partial charge in [-0.15, -0.1) is 0 Å². The van der Waals surface area contributed by atoms with E-state index < -0.39 is 0 Å². The zero-order valence-electron chi connectivity index (χ0n) is 9.56. The van der Waals surface area contributed by atoms with Crippen molar-refractivity contribution in [2.24, 2.45) is 11.3 Å². The van der Waals surface area contributed by atoms with E-state index in [1.54, 1.807) is 0 Å². The van der Waals surface area contributed by atoms with E-state index >= 15 is 0 Å².